The number of benzene rings is 1. The molecule has 110 valence electrons. The zero-order chi connectivity index (χ0) is 13.9. The number of piperidine rings is 1. The molecule has 1 N–H and O–H groups in total. The van der Waals surface area contributed by atoms with Crippen LogP contribution in [0.15, 0.2) is 24.3 Å². The Labute approximate surface area is 120 Å². The van der Waals surface area contributed by atoms with E-state index in [-0.39, 0.29) is 6.10 Å². The van der Waals surface area contributed by atoms with E-state index in [2.05, 4.69) is 4.90 Å². The van der Waals surface area contributed by atoms with Crippen LogP contribution in [0, 0.1) is 0 Å². The van der Waals surface area contributed by atoms with Gasteiger partial charge in [-0.1, -0.05) is 12.1 Å². The molecule has 4 heteroatoms. The largest absolute Gasteiger partial charge is 0.493 e. The third-order valence-electron chi connectivity index (χ3n) is 4.54. The molecule has 3 rings (SSSR count). The summed E-state index contributed by atoms with van der Waals surface area (Å²) in [5.41, 5.74) is 0. The van der Waals surface area contributed by atoms with E-state index < -0.39 is 0 Å². The first-order valence-corrected chi connectivity index (χ1v) is 7.47. The maximum atomic E-state index is 9.81. The lowest BCUT2D eigenvalue weighted by atomic mass is 10.0. The lowest BCUT2D eigenvalue weighted by Crippen LogP contribution is -2.46. The number of methoxy groups -OCH3 is 1. The molecule has 0 amide bonds. The highest BCUT2D eigenvalue weighted by Crippen LogP contribution is 2.35. The molecular formula is C16H23NO3. The Morgan fingerprint density at radius 3 is 2.45 bits per heavy atom. The van der Waals surface area contributed by atoms with E-state index >= 15 is 0 Å². The number of aliphatic hydroxyl groups excluding tert-OH is 1. The van der Waals surface area contributed by atoms with Gasteiger partial charge in [-0.05, 0) is 37.8 Å². The number of ether oxygens (including phenoxy) is 2. The zero-order valence-corrected chi connectivity index (χ0v) is 12.0. The highest BCUT2D eigenvalue weighted by Gasteiger charge is 2.39. The summed E-state index contributed by atoms with van der Waals surface area (Å²) in [5, 5.41) is 9.81. The molecule has 0 saturated carbocycles. The molecule has 2 atom stereocenters. The lowest BCUT2D eigenvalue weighted by molar-refractivity contribution is 0.0286. The van der Waals surface area contributed by atoms with Crippen LogP contribution in [0.3, 0.4) is 0 Å². The van der Waals surface area contributed by atoms with Crippen LogP contribution >= 0.6 is 0 Å². The molecule has 2 unspecified atom stereocenters. The first-order valence-electron chi connectivity index (χ1n) is 7.47. The molecule has 2 fully saturated rings. The summed E-state index contributed by atoms with van der Waals surface area (Å²) in [6.07, 6.45) is 4.18. The molecule has 0 spiro atoms. The number of nitrogens with zero attached hydrogens (tertiary/aromatic N) is 1. The summed E-state index contributed by atoms with van der Waals surface area (Å²) in [6.45, 7) is 1.60. The average molecular weight is 277 g/mol. The second-order valence-corrected chi connectivity index (χ2v) is 5.75. The smallest absolute Gasteiger partial charge is 0.161 e. The van der Waals surface area contributed by atoms with Crippen molar-refractivity contribution in [2.45, 2.75) is 43.9 Å². The number of aliphatic hydroxyl groups is 1. The number of fused-ring (bicyclic) bond motifs is 2. The lowest BCUT2D eigenvalue weighted by Gasteiger charge is -2.36. The van der Waals surface area contributed by atoms with Gasteiger partial charge in [0.2, 0.25) is 0 Å². The molecule has 0 aromatic heterocycles. The molecule has 2 bridgehead atoms. The van der Waals surface area contributed by atoms with Crippen molar-refractivity contribution in [2.24, 2.45) is 0 Å². The van der Waals surface area contributed by atoms with E-state index in [0.29, 0.717) is 18.7 Å². The predicted molar refractivity (Wildman–Crippen MR) is 77.2 cm³/mol. The molecule has 2 aliphatic heterocycles. The van der Waals surface area contributed by atoms with Crippen LogP contribution in [0.25, 0.3) is 0 Å². The number of hydrogen-bond donors (Lipinski definition) is 1. The predicted octanol–water partition coefficient (Wildman–Crippen LogP) is 2.06. The van der Waals surface area contributed by atoms with Crippen LogP contribution in [0.4, 0.5) is 0 Å². The van der Waals surface area contributed by atoms with Crippen LogP contribution in [-0.2, 0) is 0 Å². The summed E-state index contributed by atoms with van der Waals surface area (Å²) in [5.74, 6) is 1.59. The molecule has 0 aliphatic carbocycles. The molecule has 1 aromatic carbocycles. The van der Waals surface area contributed by atoms with E-state index in [4.69, 9.17) is 9.47 Å². The molecule has 4 nitrogen and oxygen atoms in total. The highest BCUT2D eigenvalue weighted by molar-refractivity contribution is 5.39. The zero-order valence-electron chi connectivity index (χ0n) is 12.0. The topological polar surface area (TPSA) is 41.9 Å². The summed E-state index contributed by atoms with van der Waals surface area (Å²) in [4.78, 5) is 2.52. The third kappa shape index (κ3) is 2.76. The van der Waals surface area contributed by atoms with Crippen molar-refractivity contribution in [3.05, 3.63) is 24.3 Å². The summed E-state index contributed by atoms with van der Waals surface area (Å²) >= 11 is 0. The van der Waals surface area contributed by atoms with Gasteiger partial charge in [0.1, 0.15) is 6.61 Å². The molecule has 1 aromatic rings. The Morgan fingerprint density at radius 2 is 1.80 bits per heavy atom. The Morgan fingerprint density at radius 1 is 1.15 bits per heavy atom. The van der Waals surface area contributed by atoms with Crippen LogP contribution in [-0.4, -0.2) is 48.5 Å². The van der Waals surface area contributed by atoms with Gasteiger partial charge >= 0.3 is 0 Å². The van der Waals surface area contributed by atoms with Crippen molar-refractivity contribution in [3.8, 4) is 11.5 Å². The van der Waals surface area contributed by atoms with E-state index in [1.165, 1.54) is 12.8 Å². The molecule has 20 heavy (non-hydrogen) atoms. The van der Waals surface area contributed by atoms with E-state index in [9.17, 15) is 5.11 Å². The van der Waals surface area contributed by atoms with Gasteiger partial charge in [-0.15, -0.1) is 0 Å². The Kier molecular flexibility index (Phi) is 4.13. The molecule has 2 saturated heterocycles. The average Bonchev–Trinajstić information content (AvgIpc) is 2.70. The van der Waals surface area contributed by atoms with Gasteiger partial charge in [-0.3, -0.25) is 4.90 Å². The van der Waals surface area contributed by atoms with Crippen molar-refractivity contribution in [2.75, 3.05) is 20.3 Å². The summed E-state index contributed by atoms with van der Waals surface area (Å²) in [6, 6.07) is 8.84. The number of rotatable bonds is 5. The molecule has 2 aliphatic rings. The first kappa shape index (κ1) is 13.7. The van der Waals surface area contributed by atoms with Crippen LogP contribution in [0.5, 0.6) is 11.5 Å². The maximum absolute atomic E-state index is 9.81. The molecular weight excluding hydrogens is 254 g/mol. The van der Waals surface area contributed by atoms with Gasteiger partial charge < -0.3 is 14.6 Å². The van der Waals surface area contributed by atoms with Crippen molar-refractivity contribution in [3.63, 3.8) is 0 Å². The minimum absolute atomic E-state index is 0.0983. The van der Waals surface area contributed by atoms with Crippen molar-refractivity contribution < 1.29 is 14.6 Å². The SMILES string of the molecule is COc1ccccc1OCCN1C2CCC1CC(O)C2. The van der Waals surface area contributed by atoms with Crippen molar-refractivity contribution >= 4 is 0 Å². The standard InChI is InChI=1S/C16H23NO3/c1-19-15-4-2-3-5-16(15)20-9-8-17-12-6-7-13(17)11-14(18)10-12/h2-5,12-14,18H,6-11H2,1H3. The van der Waals surface area contributed by atoms with Gasteiger partial charge in [0.15, 0.2) is 11.5 Å². The van der Waals surface area contributed by atoms with E-state index in [1.807, 2.05) is 24.3 Å². The molecule has 2 heterocycles. The fourth-order valence-electron chi connectivity index (χ4n) is 3.61. The highest BCUT2D eigenvalue weighted by atomic mass is 16.5. The Hall–Kier alpha value is -1.26. The van der Waals surface area contributed by atoms with Gasteiger partial charge in [0.25, 0.3) is 0 Å². The molecule has 0 radical (unpaired) electrons. The van der Waals surface area contributed by atoms with Crippen LogP contribution in [0.1, 0.15) is 25.7 Å². The Bertz CT molecular complexity index is 437. The van der Waals surface area contributed by atoms with E-state index in [1.54, 1.807) is 7.11 Å². The third-order valence-corrected chi connectivity index (χ3v) is 4.54. The monoisotopic (exact) mass is 277 g/mol. The fourth-order valence-corrected chi connectivity index (χ4v) is 3.61. The minimum Gasteiger partial charge on any atom is -0.493 e. The Balaban J connectivity index is 1.53. The van der Waals surface area contributed by atoms with Crippen LogP contribution in [0.2, 0.25) is 0 Å². The fraction of sp³-hybridized carbons (Fsp3) is 0.625. The van der Waals surface area contributed by atoms with Gasteiger partial charge in [0.05, 0.1) is 13.2 Å². The second-order valence-electron chi connectivity index (χ2n) is 5.75. The van der Waals surface area contributed by atoms with Crippen molar-refractivity contribution in [1.82, 2.24) is 4.90 Å². The number of para-hydroxylation sites is 2. The normalized spacial score (nSPS) is 29.4. The summed E-state index contributed by atoms with van der Waals surface area (Å²) < 4.78 is 11.1. The number of hydrogen-bond acceptors (Lipinski definition) is 4. The van der Waals surface area contributed by atoms with Gasteiger partial charge in [-0.25, -0.2) is 0 Å². The van der Waals surface area contributed by atoms with Crippen molar-refractivity contribution in [1.29, 1.82) is 0 Å². The van der Waals surface area contributed by atoms with Crippen LogP contribution < -0.4 is 9.47 Å². The summed E-state index contributed by atoms with van der Waals surface area (Å²) in [7, 11) is 1.66. The van der Waals surface area contributed by atoms with E-state index in [0.717, 1.165) is 30.9 Å². The second kappa shape index (κ2) is 6.02. The van der Waals surface area contributed by atoms with Gasteiger partial charge in [0, 0.05) is 18.6 Å². The quantitative estimate of drug-likeness (QED) is 0.894. The minimum atomic E-state index is -0.0983. The maximum Gasteiger partial charge on any atom is 0.161 e. The van der Waals surface area contributed by atoms with Gasteiger partial charge in [-0.2, -0.15) is 0 Å². The first-order chi connectivity index (χ1) is 9.78.